The molecule has 0 aliphatic rings. The molecule has 0 saturated carbocycles. The van der Waals surface area contributed by atoms with Gasteiger partial charge in [0.05, 0.1) is 0 Å². The lowest BCUT2D eigenvalue weighted by Crippen LogP contribution is -2.28. The van der Waals surface area contributed by atoms with E-state index >= 15 is 0 Å². The summed E-state index contributed by atoms with van der Waals surface area (Å²) < 4.78 is 74.5. The van der Waals surface area contributed by atoms with Crippen molar-refractivity contribution in [3.63, 3.8) is 0 Å². The molecule has 0 amide bonds. The van der Waals surface area contributed by atoms with Gasteiger partial charge in [0.15, 0.2) is 11.3 Å². The third-order valence-electron chi connectivity index (χ3n) is 8.65. The van der Waals surface area contributed by atoms with Crippen LogP contribution < -0.4 is 4.18 Å². The van der Waals surface area contributed by atoms with Crippen LogP contribution in [0.15, 0.2) is 156 Å². The van der Waals surface area contributed by atoms with Gasteiger partial charge in [0.1, 0.15) is 5.76 Å². The highest BCUT2D eigenvalue weighted by Gasteiger charge is 2.49. The third-order valence-corrected chi connectivity index (χ3v) is 9.62. The Bertz CT molecular complexity index is 2550. The lowest BCUT2D eigenvalue weighted by atomic mass is 9.85. The normalized spacial score (nSPS) is 12.1. The molecule has 49 heavy (non-hydrogen) atoms. The molecule has 4 nitrogen and oxygen atoms in total. The lowest BCUT2D eigenvalue weighted by molar-refractivity contribution is -0.0499. The third kappa shape index (κ3) is 5.21. The second-order valence-corrected chi connectivity index (χ2v) is 13.1. The van der Waals surface area contributed by atoms with E-state index in [1.807, 2.05) is 97.1 Å². The number of hydrogen-bond donors (Lipinski definition) is 0. The van der Waals surface area contributed by atoms with Gasteiger partial charge in [-0.25, -0.2) is 0 Å². The van der Waals surface area contributed by atoms with Gasteiger partial charge in [-0.3, -0.25) is 0 Å². The van der Waals surface area contributed by atoms with Crippen LogP contribution in [0.2, 0.25) is 0 Å². The Labute approximate surface area is 279 Å². The summed E-state index contributed by atoms with van der Waals surface area (Å²) in [6, 6.07) is 48.3. The maximum absolute atomic E-state index is 13.3. The highest BCUT2D eigenvalue weighted by Crippen LogP contribution is 2.47. The molecule has 0 unspecified atom stereocenters. The quantitative estimate of drug-likeness (QED) is 0.100. The van der Waals surface area contributed by atoms with Crippen LogP contribution in [-0.2, 0) is 10.1 Å². The zero-order valence-electron chi connectivity index (χ0n) is 25.6. The zero-order chi connectivity index (χ0) is 33.8. The summed E-state index contributed by atoms with van der Waals surface area (Å²) in [5, 5.41) is 4.85. The van der Waals surface area contributed by atoms with Gasteiger partial charge in [0.25, 0.3) is 0 Å². The molecular formula is C41H25F3O4S. The molecule has 0 radical (unpaired) electrons. The minimum Gasteiger partial charge on any atom is -0.451 e. The summed E-state index contributed by atoms with van der Waals surface area (Å²) in [6.45, 7) is 0. The molecule has 240 valence electrons. The standard InChI is InChI=1S/C41H25F3O4S/c42-41(43,44)49(45,46)48-35-21-11-20-34-38(39(47-40(34)35)29-14-5-2-6-15-29)28-24-22-27(23-25-28)37-32-18-9-7-16-30(32)36(26-12-3-1-4-13-26)31-17-8-10-19-33(31)37/h1-25H. The summed E-state index contributed by atoms with van der Waals surface area (Å²) in [4.78, 5) is 0. The molecule has 8 rings (SSSR count). The Kier molecular flexibility index (Phi) is 7.26. The molecule has 0 aliphatic heterocycles. The zero-order valence-corrected chi connectivity index (χ0v) is 26.4. The predicted molar refractivity (Wildman–Crippen MR) is 189 cm³/mol. The van der Waals surface area contributed by atoms with Gasteiger partial charge in [0, 0.05) is 16.5 Å². The van der Waals surface area contributed by atoms with Gasteiger partial charge in [-0.15, -0.1) is 0 Å². The highest BCUT2D eigenvalue weighted by atomic mass is 32.2. The highest BCUT2D eigenvalue weighted by molar-refractivity contribution is 7.88. The number of halogens is 3. The largest absolute Gasteiger partial charge is 0.534 e. The average molecular weight is 671 g/mol. The summed E-state index contributed by atoms with van der Waals surface area (Å²) >= 11 is 0. The molecular weight excluding hydrogens is 646 g/mol. The number of rotatable bonds is 6. The van der Waals surface area contributed by atoms with Crippen LogP contribution in [0.1, 0.15) is 0 Å². The molecule has 0 spiro atoms. The van der Waals surface area contributed by atoms with Gasteiger partial charge >= 0.3 is 15.6 Å². The summed E-state index contributed by atoms with van der Waals surface area (Å²) in [6.07, 6.45) is 0. The Hall–Kier alpha value is -5.86. The van der Waals surface area contributed by atoms with Crippen LogP contribution >= 0.6 is 0 Å². The first kappa shape index (κ1) is 30.5. The van der Waals surface area contributed by atoms with Crippen molar-refractivity contribution in [1.82, 2.24) is 0 Å². The first-order valence-electron chi connectivity index (χ1n) is 15.4. The van der Waals surface area contributed by atoms with E-state index in [0.29, 0.717) is 22.3 Å². The van der Waals surface area contributed by atoms with Gasteiger partial charge in [-0.05, 0) is 55.4 Å². The van der Waals surface area contributed by atoms with Crippen molar-refractivity contribution >= 4 is 42.6 Å². The summed E-state index contributed by atoms with van der Waals surface area (Å²) in [7, 11) is -5.93. The van der Waals surface area contributed by atoms with Crippen LogP contribution in [0, 0.1) is 0 Å². The van der Waals surface area contributed by atoms with Crippen LogP contribution in [0.5, 0.6) is 5.75 Å². The molecule has 8 aromatic rings. The molecule has 8 heteroatoms. The van der Waals surface area contributed by atoms with E-state index in [2.05, 4.69) is 40.6 Å². The van der Waals surface area contributed by atoms with Crippen LogP contribution in [-0.4, -0.2) is 13.9 Å². The first-order valence-corrected chi connectivity index (χ1v) is 16.8. The van der Waals surface area contributed by atoms with E-state index in [0.717, 1.165) is 55.4 Å². The Morgan fingerprint density at radius 1 is 0.449 bits per heavy atom. The molecule has 0 atom stereocenters. The van der Waals surface area contributed by atoms with Crippen molar-refractivity contribution < 1.29 is 30.2 Å². The van der Waals surface area contributed by atoms with E-state index in [1.54, 1.807) is 6.07 Å². The number of para-hydroxylation sites is 1. The molecule has 7 aromatic carbocycles. The molecule has 0 N–H and O–H groups in total. The predicted octanol–water partition coefficient (Wildman–Crippen LogP) is 11.6. The molecule has 0 fully saturated rings. The van der Waals surface area contributed by atoms with Gasteiger partial charge in [0.2, 0.25) is 0 Å². The molecule has 1 heterocycles. The SMILES string of the molecule is O=S(=O)(Oc1cccc2c(-c3ccc(-c4c5ccccc5c(-c5ccccc5)c5ccccc45)cc3)c(-c3ccccc3)oc12)C(F)(F)F. The Morgan fingerprint density at radius 2 is 0.857 bits per heavy atom. The lowest BCUT2D eigenvalue weighted by Gasteiger charge is -2.18. The van der Waals surface area contributed by atoms with Crippen molar-refractivity contribution in [2.45, 2.75) is 5.51 Å². The van der Waals surface area contributed by atoms with Crippen molar-refractivity contribution in [2.24, 2.45) is 0 Å². The van der Waals surface area contributed by atoms with Crippen molar-refractivity contribution in [1.29, 1.82) is 0 Å². The number of fused-ring (bicyclic) bond motifs is 3. The molecule has 0 bridgehead atoms. The maximum Gasteiger partial charge on any atom is 0.534 e. The summed E-state index contributed by atoms with van der Waals surface area (Å²) in [5.74, 6) is -0.182. The Morgan fingerprint density at radius 3 is 1.35 bits per heavy atom. The summed E-state index contributed by atoms with van der Waals surface area (Å²) in [5.41, 5.74) is 0.617. The monoisotopic (exact) mass is 670 g/mol. The van der Waals surface area contributed by atoms with Crippen molar-refractivity contribution in [3.05, 3.63) is 152 Å². The van der Waals surface area contributed by atoms with Crippen LogP contribution in [0.3, 0.4) is 0 Å². The van der Waals surface area contributed by atoms with Crippen molar-refractivity contribution in [3.8, 4) is 50.5 Å². The number of furan rings is 1. The Balaban J connectivity index is 1.32. The van der Waals surface area contributed by atoms with Crippen LogP contribution in [0.25, 0.3) is 77.2 Å². The van der Waals surface area contributed by atoms with Gasteiger partial charge in [-0.2, -0.15) is 21.6 Å². The molecule has 0 aliphatic carbocycles. The van der Waals surface area contributed by atoms with E-state index < -0.39 is 21.4 Å². The number of hydrogen-bond acceptors (Lipinski definition) is 4. The van der Waals surface area contributed by atoms with Crippen molar-refractivity contribution in [2.75, 3.05) is 0 Å². The molecule has 0 saturated heterocycles. The fraction of sp³-hybridized carbons (Fsp3) is 0.0244. The van der Waals surface area contributed by atoms with Crippen LogP contribution in [0.4, 0.5) is 13.2 Å². The van der Waals surface area contributed by atoms with E-state index in [1.165, 1.54) is 6.07 Å². The van der Waals surface area contributed by atoms with E-state index in [4.69, 9.17) is 4.42 Å². The van der Waals surface area contributed by atoms with E-state index in [-0.39, 0.29) is 5.58 Å². The minimum atomic E-state index is -5.93. The topological polar surface area (TPSA) is 56.5 Å². The fourth-order valence-electron chi connectivity index (χ4n) is 6.56. The smallest absolute Gasteiger partial charge is 0.451 e. The fourth-order valence-corrected chi connectivity index (χ4v) is 7.02. The minimum absolute atomic E-state index is 0.109. The maximum atomic E-state index is 13.3. The first-order chi connectivity index (χ1) is 23.7. The van der Waals surface area contributed by atoms with E-state index in [9.17, 15) is 21.6 Å². The molecule has 1 aromatic heterocycles. The van der Waals surface area contributed by atoms with Gasteiger partial charge in [-0.1, -0.05) is 146 Å². The second kappa shape index (κ2) is 11.7. The number of benzene rings is 7. The van der Waals surface area contributed by atoms with Gasteiger partial charge < -0.3 is 8.60 Å². The average Bonchev–Trinajstić information content (AvgIpc) is 3.51. The number of alkyl halides is 3. The second-order valence-electron chi connectivity index (χ2n) is 11.6.